The molecule has 1 aromatic carbocycles. The number of hydrogen-bond acceptors (Lipinski definition) is 5. The van der Waals surface area contributed by atoms with Crippen molar-refractivity contribution < 1.29 is 22.6 Å². The van der Waals surface area contributed by atoms with E-state index in [1.165, 1.54) is 13.2 Å². The van der Waals surface area contributed by atoms with E-state index in [4.69, 9.17) is 25.8 Å². The summed E-state index contributed by atoms with van der Waals surface area (Å²) in [6.07, 6.45) is 0. The van der Waals surface area contributed by atoms with Crippen LogP contribution in [0.2, 0.25) is 5.02 Å². The van der Waals surface area contributed by atoms with Crippen LogP contribution in [0.5, 0.6) is 5.75 Å². The van der Waals surface area contributed by atoms with E-state index in [0.717, 1.165) is 0 Å². The van der Waals surface area contributed by atoms with Crippen LogP contribution in [0.25, 0.3) is 0 Å². The number of halogens is 1. The topological polar surface area (TPSA) is 73.9 Å². The molecule has 0 bridgehead atoms. The highest BCUT2D eigenvalue weighted by molar-refractivity contribution is 7.92. The van der Waals surface area contributed by atoms with Gasteiger partial charge in [0.25, 0.3) is 0 Å². The Kier molecular flexibility index (Phi) is 7.08. The molecule has 0 fully saturated rings. The Morgan fingerprint density at radius 2 is 1.95 bits per heavy atom. The molecule has 114 valence electrons. The number of benzene rings is 1. The van der Waals surface area contributed by atoms with E-state index in [-0.39, 0.29) is 12.4 Å². The van der Waals surface area contributed by atoms with Crippen LogP contribution in [0.1, 0.15) is 0 Å². The molecule has 0 aliphatic rings. The highest BCUT2D eigenvalue weighted by Gasteiger charge is 2.14. The number of sulfonamides is 1. The molecule has 0 saturated heterocycles. The zero-order chi connectivity index (χ0) is 15.0. The van der Waals surface area contributed by atoms with Crippen LogP contribution in [0.15, 0.2) is 18.2 Å². The third kappa shape index (κ3) is 5.96. The Balaban J connectivity index is 2.59. The molecule has 0 aromatic heterocycles. The van der Waals surface area contributed by atoms with E-state index < -0.39 is 10.0 Å². The smallest absolute Gasteiger partial charge is 0.235 e. The highest BCUT2D eigenvalue weighted by Crippen LogP contribution is 2.28. The first kappa shape index (κ1) is 17.0. The van der Waals surface area contributed by atoms with Gasteiger partial charge in [-0.05, 0) is 18.2 Å². The van der Waals surface area contributed by atoms with Crippen LogP contribution in [-0.4, -0.2) is 48.2 Å². The number of ether oxygens (including phenoxy) is 3. The average molecular weight is 324 g/mol. The molecule has 0 spiro atoms. The molecule has 0 unspecified atom stereocenters. The normalized spacial score (nSPS) is 11.3. The standard InChI is InChI=1S/C12H18ClNO5S/c1-17-5-6-19-7-8-20(15,16)14-11-9-10(13)3-4-12(11)18-2/h3-4,9,14H,5-8H2,1-2H3. The van der Waals surface area contributed by atoms with E-state index in [2.05, 4.69) is 4.72 Å². The van der Waals surface area contributed by atoms with Crippen LogP contribution in [0, 0.1) is 0 Å². The third-order valence-corrected chi connectivity index (χ3v) is 3.83. The lowest BCUT2D eigenvalue weighted by Gasteiger charge is -2.12. The second kappa shape index (κ2) is 8.31. The lowest BCUT2D eigenvalue weighted by Crippen LogP contribution is -2.21. The maximum absolute atomic E-state index is 11.9. The Labute approximate surface area is 124 Å². The summed E-state index contributed by atoms with van der Waals surface area (Å²) in [5, 5.41) is 0.417. The third-order valence-electron chi connectivity index (χ3n) is 2.36. The number of hydrogen-bond donors (Lipinski definition) is 1. The fraction of sp³-hybridized carbons (Fsp3) is 0.500. The van der Waals surface area contributed by atoms with Gasteiger partial charge in [-0.15, -0.1) is 0 Å². The zero-order valence-electron chi connectivity index (χ0n) is 11.4. The van der Waals surface area contributed by atoms with Gasteiger partial charge in [0, 0.05) is 12.1 Å². The van der Waals surface area contributed by atoms with Gasteiger partial charge in [0.05, 0.1) is 38.4 Å². The van der Waals surface area contributed by atoms with E-state index >= 15 is 0 Å². The lowest BCUT2D eigenvalue weighted by atomic mass is 10.3. The van der Waals surface area contributed by atoms with Crippen molar-refractivity contribution in [3.8, 4) is 5.75 Å². The Hall–Kier alpha value is -1.02. The van der Waals surface area contributed by atoms with Crippen LogP contribution < -0.4 is 9.46 Å². The predicted octanol–water partition coefficient (Wildman–Crippen LogP) is 1.75. The molecule has 1 aromatic rings. The summed E-state index contributed by atoms with van der Waals surface area (Å²) < 4.78 is 41.2. The first-order valence-electron chi connectivity index (χ1n) is 5.89. The maximum atomic E-state index is 11.9. The van der Waals surface area contributed by atoms with Gasteiger partial charge in [-0.2, -0.15) is 0 Å². The molecule has 8 heteroatoms. The molecule has 0 heterocycles. The Morgan fingerprint density at radius 3 is 2.60 bits per heavy atom. The van der Waals surface area contributed by atoms with E-state index in [9.17, 15) is 8.42 Å². The quantitative estimate of drug-likeness (QED) is 0.701. The van der Waals surface area contributed by atoms with Crippen LogP contribution >= 0.6 is 11.6 Å². The lowest BCUT2D eigenvalue weighted by molar-refractivity contribution is 0.0785. The molecular formula is C12H18ClNO5S. The van der Waals surface area contributed by atoms with Crippen molar-refractivity contribution in [3.63, 3.8) is 0 Å². The van der Waals surface area contributed by atoms with Crippen molar-refractivity contribution in [2.24, 2.45) is 0 Å². The molecule has 0 aliphatic heterocycles. The molecule has 6 nitrogen and oxygen atoms in total. The summed E-state index contributed by atoms with van der Waals surface area (Å²) in [5.41, 5.74) is 0.303. The molecule has 0 atom stereocenters. The number of anilines is 1. The SMILES string of the molecule is COCCOCCS(=O)(=O)Nc1cc(Cl)ccc1OC. The van der Waals surface area contributed by atoms with Crippen molar-refractivity contribution in [1.82, 2.24) is 0 Å². The minimum absolute atomic E-state index is 0.0849. The van der Waals surface area contributed by atoms with Gasteiger partial charge in [-0.25, -0.2) is 8.42 Å². The van der Waals surface area contributed by atoms with E-state index in [1.54, 1.807) is 19.2 Å². The molecule has 1 rings (SSSR count). The minimum Gasteiger partial charge on any atom is -0.495 e. The number of rotatable bonds is 9. The summed E-state index contributed by atoms with van der Waals surface area (Å²) in [5.74, 6) is 0.241. The molecule has 0 saturated carbocycles. The largest absolute Gasteiger partial charge is 0.495 e. The average Bonchev–Trinajstić information content (AvgIpc) is 2.38. The molecule has 0 radical (unpaired) electrons. The Bertz CT molecular complexity index is 521. The summed E-state index contributed by atoms with van der Waals surface area (Å²) in [6.45, 7) is 0.865. The van der Waals surface area contributed by atoms with Crippen LogP contribution in [0.4, 0.5) is 5.69 Å². The summed E-state index contributed by atoms with van der Waals surface area (Å²) >= 11 is 5.84. The van der Waals surface area contributed by atoms with Gasteiger partial charge < -0.3 is 14.2 Å². The monoisotopic (exact) mass is 323 g/mol. The van der Waals surface area contributed by atoms with E-state index in [1.807, 2.05) is 0 Å². The molecular weight excluding hydrogens is 306 g/mol. The highest BCUT2D eigenvalue weighted by atomic mass is 35.5. The molecule has 1 N–H and O–H groups in total. The second-order valence-corrected chi connectivity index (χ2v) is 6.15. The first-order chi connectivity index (χ1) is 9.48. The zero-order valence-corrected chi connectivity index (χ0v) is 13.0. The van der Waals surface area contributed by atoms with Gasteiger partial charge in [-0.1, -0.05) is 11.6 Å². The van der Waals surface area contributed by atoms with Gasteiger partial charge in [0.1, 0.15) is 5.75 Å². The van der Waals surface area contributed by atoms with Gasteiger partial charge in [-0.3, -0.25) is 4.72 Å². The number of methoxy groups -OCH3 is 2. The van der Waals surface area contributed by atoms with Gasteiger partial charge >= 0.3 is 0 Å². The van der Waals surface area contributed by atoms with E-state index in [0.29, 0.717) is 29.7 Å². The first-order valence-corrected chi connectivity index (χ1v) is 7.92. The maximum Gasteiger partial charge on any atom is 0.235 e. The van der Waals surface area contributed by atoms with Crippen molar-refractivity contribution in [2.75, 3.05) is 44.5 Å². The van der Waals surface area contributed by atoms with Crippen LogP contribution in [-0.2, 0) is 19.5 Å². The summed E-state index contributed by atoms with van der Waals surface area (Å²) in [6, 6.07) is 4.70. The van der Waals surface area contributed by atoms with Crippen molar-refractivity contribution in [3.05, 3.63) is 23.2 Å². The summed E-state index contributed by atoms with van der Waals surface area (Å²) in [4.78, 5) is 0. The molecule has 0 aliphatic carbocycles. The van der Waals surface area contributed by atoms with Crippen molar-refractivity contribution >= 4 is 27.3 Å². The van der Waals surface area contributed by atoms with Gasteiger partial charge in [0.15, 0.2) is 0 Å². The Morgan fingerprint density at radius 1 is 1.20 bits per heavy atom. The summed E-state index contributed by atoms with van der Waals surface area (Å²) in [7, 11) is -0.524. The minimum atomic E-state index is -3.53. The number of nitrogens with one attached hydrogen (secondary N) is 1. The van der Waals surface area contributed by atoms with Crippen molar-refractivity contribution in [2.45, 2.75) is 0 Å². The fourth-order valence-corrected chi connectivity index (χ4v) is 2.50. The van der Waals surface area contributed by atoms with Crippen LogP contribution in [0.3, 0.4) is 0 Å². The molecule has 0 amide bonds. The molecule has 20 heavy (non-hydrogen) atoms. The van der Waals surface area contributed by atoms with Crippen molar-refractivity contribution in [1.29, 1.82) is 0 Å². The second-order valence-electron chi connectivity index (χ2n) is 3.87. The predicted molar refractivity (Wildman–Crippen MR) is 78.1 cm³/mol. The van der Waals surface area contributed by atoms with Gasteiger partial charge in [0.2, 0.25) is 10.0 Å². The fourth-order valence-electron chi connectivity index (χ4n) is 1.39.